The van der Waals surface area contributed by atoms with Crippen molar-refractivity contribution < 1.29 is 9.90 Å². The largest absolute Gasteiger partial charge is 0.507 e. The summed E-state index contributed by atoms with van der Waals surface area (Å²) in [6.07, 6.45) is 0. The minimum absolute atomic E-state index is 0.0926. The molecule has 1 N–H and O–H groups in total. The first-order valence-corrected chi connectivity index (χ1v) is 5.07. The van der Waals surface area contributed by atoms with Gasteiger partial charge >= 0.3 is 0 Å². The van der Waals surface area contributed by atoms with E-state index < -0.39 is 0 Å². The highest BCUT2D eigenvalue weighted by atomic mass is 79.9. The molecule has 0 unspecified atom stereocenters. The van der Waals surface area contributed by atoms with Crippen molar-refractivity contribution in [3.05, 3.63) is 28.8 Å². The highest BCUT2D eigenvalue weighted by molar-refractivity contribution is 9.09. The maximum Gasteiger partial charge on any atom is 0.177 e. The summed E-state index contributed by atoms with van der Waals surface area (Å²) in [5, 5.41) is 9.82. The monoisotopic (exact) mass is 242 g/mol. The van der Waals surface area contributed by atoms with Crippen LogP contribution in [0.4, 0.5) is 0 Å². The molecule has 70 valence electrons. The summed E-state index contributed by atoms with van der Waals surface area (Å²) in [7, 11) is 0. The van der Waals surface area contributed by atoms with Gasteiger partial charge in [-0.2, -0.15) is 0 Å². The number of benzene rings is 1. The SMILES string of the molecule is Cc1cc(C)c(O)c(C(=O)CBr)c1. The number of phenolic OH excluding ortho intramolecular Hbond substituents is 1. The van der Waals surface area contributed by atoms with Crippen molar-refractivity contribution in [3.8, 4) is 5.75 Å². The molecule has 0 aliphatic carbocycles. The second kappa shape index (κ2) is 3.92. The van der Waals surface area contributed by atoms with Gasteiger partial charge in [-0.15, -0.1) is 0 Å². The van der Waals surface area contributed by atoms with Crippen molar-refractivity contribution in [3.63, 3.8) is 0 Å². The summed E-state index contributed by atoms with van der Waals surface area (Å²) in [4.78, 5) is 11.3. The normalized spacial score (nSPS) is 10.1. The van der Waals surface area contributed by atoms with Gasteiger partial charge in [0.25, 0.3) is 0 Å². The fraction of sp³-hybridized carbons (Fsp3) is 0.300. The molecule has 0 saturated heterocycles. The second-order valence-electron chi connectivity index (χ2n) is 3.03. The molecular weight excluding hydrogens is 232 g/mol. The Hall–Kier alpha value is -0.830. The Labute approximate surface area is 85.7 Å². The van der Waals surface area contributed by atoms with Crippen LogP contribution in [0.1, 0.15) is 21.5 Å². The van der Waals surface area contributed by atoms with Crippen LogP contribution in [-0.4, -0.2) is 16.2 Å². The van der Waals surface area contributed by atoms with Gasteiger partial charge in [-0.1, -0.05) is 22.0 Å². The average molecular weight is 243 g/mol. The van der Waals surface area contributed by atoms with Crippen molar-refractivity contribution in [2.45, 2.75) is 13.8 Å². The standard InChI is InChI=1S/C10H11BrO2/c1-6-3-7(2)10(13)8(4-6)9(12)5-11/h3-4,13H,5H2,1-2H3. The van der Waals surface area contributed by atoms with Gasteiger partial charge in [0.05, 0.1) is 10.9 Å². The molecule has 0 fully saturated rings. The topological polar surface area (TPSA) is 37.3 Å². The first-order valence-electron chi connectivity index (χ1n) is 3.95. The number of hydrogen-bond donors (Lipinski definition) is 1. The van der Waals surface area contributed by atoms with E-state index in [1.165, 1.54) is 0 Å². The van der Waals surface area contributed by atoms with Crippen molar-refractivity contribution >= 4 is 21.7 Å². The van der Waals surface area contributed by atoms with Crippen LogP contribution in [0, 0.1) is 13.8 Å². The molecule has 0 amide bonds. The number of carbonyl (C=O) groups is 1. The number of ketones is 1. The number of hydrogen-bond acceptors (Lipinski definition) is 2. The van der Waals surface area contributed by atoms with E-state index in [-0.39, 0.29) is 16.9 Å². The van der Waals surface area contributed by atoms with Gasteiger partial charge in [-0.25, -0.2) is 0 Å². The van der Waals surface area contributed by atoms with Crippen LogP contribution >= 0.6 is 15.9 Å². The number of aromatic hydroxyl groups is 1. The molecule has 0 heterocycles. The zero-order chi connectivity index (χ0) is 10.0. The lowest BCUT2D eigenvalue weighted by Crippen LogP contribution is -2.01. The summed E-state index contributed by atoms with van der Waals surface area (Å²) in [6.45, 7) is 3.69. The van der Waals surface area contributed by atoms with Gasteiger partial charge < -0.3 is 5.11 Å². The Bertz CT molecular complexity index is 345. The zero-order valence-corrected chi connectivity index (χ0v) is 9.18. The molecule has 13 heavy (non-hydrogen) atoms. The third-order valence-electron chi connectivity index (χ3n) is 1.87. The lowest BCUT2D eigenvalue weighted by molar-refractivity contribution is 0.102. The third kappa shape index (κ3) is 2.10. The number of alkyl halides is 1. The van der Waals surface area contributed by atoms with Crippen LogP contribution < -0.4 is 0 Å². The molecule has 0 spiro atoms. The first kappa shape index (κ1) is 10.3. The van der Waals surface area contributed by atoms with Gasteiger partial charge in [0.15, 0.2) is 5.78 Å². The Balaban J connectivity index is 3.28. The Kier molecular flexibility index (Phi) is 3.09. The molecule has 0 aliphatic heterocycles. The molecule has 2 nitrogen and oxygen atoms in total. The van der Waals surface area contributed by atoms with Crippen LogP contribution in [-0.2, 0) is 0 Å². The van der Waals surface area contributed by atoms with E-state index in [0.717, 1.165) is 11.1 Å². The minimum Gasteiger partial charge on any atom is -0.507 e. The van der Waals surface area contributed by atoms with Gasteiger partial charge in [0, 0.05) is 0 Å². The summed E-state index contributed by atoms with van der Waals surface area (Å²) >= 11 is 3.07. The molecule has 0 radical (unpaired) electrons. The predicted octanol–water partition coefficient (Wildman–Crippen LogP) is 2.59. The van der Waals surface area contributed by atoms with Gasteiger partial charge in [0.2, 0.25) is 0 Å². The number of rotatable bonds is 2. The van der Waals surface area contributed by atoms with E-state index >= 15 is 0 Å². The molecular formula is C10H11BrO2. The van der Waals surface area contributed by atoms with E-state index in [9.17, 15) is 9.90 Å². The van der Waals surface area contributed by atoms with Crippen LogP contribution in [0.2, 0.25) is 0 Å². The van der Waals surface area contributed by atoms with Crippen LogP contribution in [0.5, 0.6) is 5.75 Å². The van der Waals surface area contributed by atoms with E-state index in [2.05, 4.69) is 15.9 Å². The van der Waals surface area contributed by atoms with Gasteiger partial charge in [0.1, 0.15) is 5.75 Å². The molecule has 3 heteroatoms. The van der Waals surface area contributed by atoms with E-state index in [0.29, 0.717) is 5.56 Å². The Morgan fingerprint density at radius 2 is 2.08 bits per heavy atom. The highest BCUT2D eigenvalue weighted by Crippen LogP contribution is 2.24. The molecule has 0 aromatic heterocycles. The Morgan fingerprint density at radius 1 is 1.46 bits per heavy atom. The summed E-state index contributed by atoms with van der Waals surface area (Å²) in [5.74, 6) is -0.000602. The fourth-order valence-electron chi connectivity index (χ4n) is 1.24. The number of phenols is 1. The smallest absolute Gasteiger partial charge is 0.177 e. The van der Waals surface area contributed by atoms with E-state index in [4.69, 9.17) is 0 Å². The van der Waals surface area contributed by atoms with E-state index in [1.807, 2.05) is 13.0 Å². The lowest BCUT2D eigenvalue weighted by Gasteiger charge is -2.06. The summed E-state index contributed by atoms with van der Waals surface area (Å²) < 4.78 is 0. The lowest BCUT2D eigenvalue weighted by atomic mass is 10.0. The van der Waals surface area contributed by atoms with Crippen LogP contribution in [0.25, 0.3) is 0 Å². The fourth-order valence-corrected chi connectivity index (χ4v) is 1.55. The summed E-state index contributed by atoms with van der Waals surface area (Å²) in [5.41, 5.74) is 2.12. The molecule has 0 aliphatic rings. The zero-order valence-electron chi connectivity index (χ0n) is 7.60. The maximum atomic E-state index is 11.3. The quantitative estimate of drug-likeness (QED) is 0.640. The molecule has 1 rings (SSSR count). The van der Waals surface area contributed by atoms with Crippen molar-refractivity contribution in [2.75, 3.05) is 5.33 Å². The van der Waals surface area contributed by atoms with Crippen LogP contribution in [0.3, 0.4) is 0 Å². The van der Waals surface area contributed by atoms with E-state index in [1.54, 1.807) is 13.0 Å². The highest BCUT2D eigenvalue weighted by Gasteiger charge is 2.11. The van der Waals surface area contributed by atoms with Crippen LogP contribution in [0.15, 0.2) is 12.1 Å². The minimum atomic E-state index is -0.0932. The molecule has 1 aromatic carbocycles. The molecule has 0 atom stereocenters. The average Bonchev–Trinajstić information content (AvgIpc) is 2.10. The molecule has 0 bridgehead atoms. The predicted molar refractivity (Wildman–Crippen MR) is 55.7 cm³/mol. The maximum absolute atomic E-state index is 11.3. The number of aryl methyl sites for hydroxylation is 2. The number of carbonyl (C=O) groups excluding carboxylic acids is 1. The van der Waals surface area contributed by atoms with Crippen molar-refractivity contribution in [2.24, 2.45) is 0 Å². The third-order valence-corrected chi connectivity index (χ3v) is 2.38. The molecule has 0 saturated carbocycles. The second-order valence-corrected chi connectivity index (χ2v) is 3.60. The Morgan fingerprint density at radius 3 is 2.62 bits per heavy atom. The molecule has 1 aromatic rings. The van der Waals surface area contributed by atoms with Gasteiger partial charge in [-0.3, -0.25) is 4.79 Å². The first-order chi connectivity index (χ1) is 6.06. The number of halogens is 1. The van der Waals surface area contributed by atoms with Gasteiger partial charge in [-0.05, 0) is 31.0 Å². The van der Waals surface area contributed by atoms with Crippen molar-refractivity contribution in [1.82, 2.24) is 0 Å². The summed E-state index contributed by atoms with van der Waals surface area (Å²) in [6, 6.07) is 3.55. The number of Topliss-reactive ketones (excluding diaryl/α,β-unsaturated/α-hetero) is 1. The van der Waals surface area contributed by atoms with Crippen molar-refractivity contribution in [1.29, 1.82) is 0 Å².